The molecule has 2 heteroatoms. The minimum Gasteiger partial charge on any atom is -0.340 e. The predicted octanol–water partition coefficient (Wildman–Crippen LogP) is 4.43. The van der Waals surface area contributed by atoms with E-state index < -0.39 is 0 Å². The third kappa shape index (κ3) is 2.81. The first-order valence-corrected chi connectivity index (χ1v) is 7.86. The van der Waals surface area contributed by atoms with Gasteiger partial charge in [0.2, 0.25) is 0 Å². The van der Waals surface area contributed by atoms with Crippen molar-refractivity contribution < 1.29 is 0 Å². The van der Waals surface area contributed by atoms with Gasteiger partial charge in [0.25, 0.3) is 0 Å². The molecule has 0 aliphatic heterocycles. The van der Waals surface area contributed by atoms with Gasteiger partial charge in [-0.05, 0) is 24.6 Å². The average Bonchev–Trinajstić information content (AvgIpc) is 2.80. The summed E-state index contributed by atoms with van der Waals surface area (Å²) in [7, 11) is 0. The SMILES string of the molecule is CC(CNC(C)C)Cn1c2ccccc2c2ccccc21. The standard InChI is InChI=1S/C19H24N2/c1-14(2)20-12-15(3)13-21-18-10-6-4-8-16(18)17-9-5-7-11-19(17)21/h4-11,14-15,20H,12-13H2,1-3H3. The van der Waals surface area contributed by atoms with E-state index in [-0.39, 0.29) is 0 Å². The summed E-state index contributed by atoms with van der Waals surface area (Å²) in [4.78, 5) is 0. The fourth-order valence-electron chi connectivity index (χ4n) is 3.01. The number of hydrogen-bond donors (Lipinski definition) is 1. The summed E-state index contributed by atoms with van der Waals surface area (Å²) >= 11 is 0. The number of aromatic nitrogens is 1. The van der Waals surface area contributed by atoms with Crippen molar-refractivity contribution in [1.82, 2.24) is 9.88 Å². The molecule has 0 aliphatic rings. The zero-order valence-electron chi connectivity index (χ0n) is 13.1. The minimum absolute atomic E-state index is 0.547. The van der Waals surface area contributed by atoms with Crippen molar-refractivity contribution >= 4 is 21.8 Å². The lowest BCUT2D eigenvalue weighted by Gasteiger charge is -2.17. The maximum Gasteiger partial charge on any atom is 0.0491 e. The van der Waals surface area contributed by atoms with Crippen LogP contribution in [0.1, 0.15) is 20.8 Å². The molecule has 0 saturated heterocycles. The number of hydrogen-bond acceptors (Lipinski definition) is 1. The highest BCUT2D eigenvalue weighted by molar-refractivity contribution is 6.07. The fraction of sp³-hybridized carbons (Fsp3) is 0.368. The lowest BCUT2D eigenvalue weighted by Crippen LogP contribution is -2.29. The maximum absolute atomic E-state index is 3.54. The van der Waals surface area contributed by atoms with E-state index in [1.165, 1.54) is 21.8 Å². The summed E-state index contributed by atoms with van der Waals surface area (Å²) in [5.41, 5.74) is 2.69. The molecule has 110 valence electrons. The van der Waals surface area contributed by atoms with Crippen LogP contribution in [0.3, 0.4) is 0 Å². The van der Waals surface area contributed by atoms with Crippen LogP contribution in [-0.4, -0.2) is 17.2 Å². The molecule has 0 spiro atoms. The Hall–Kier alpha value is -1.80. The van der Waals surface area contributed by atoms with Gasteiger partial charge in [-0.15, -0.1) is 0 Å². The molecule has 21 heavy (non-hydrogen) atoms. The molecule has 1 unspecified atom stereocenters. The van der Waals surface area contributed by atoms with E-state index in [1.54, 1.807) is 0 Å². The first-order chi connectivity index (χ1) is 10.2. The third-order valence-electron chi connectivity index (χ3n) is 4.05. The molecule has 3 rings (SSSR count). The Kier molecular flexibility index (Phi) is 3.98. The van der Waals surface area contributed by atoms with Crippen molar-refractivity contribution in [3.05, 3.63) is 48.5 Å². The van der Waals surface area contributed by atoms with Gasteiger partial charge in [0.05, 0.1) is 0 Å². The number of benzene rings is 2. The van der Waals surface area contributed by atoms with Gasteiger partial charge in [-0.1, -0.05) is 57.2 Å². The zero-order valence-corrected chi connectivity index (χ0v) is 13.1. The van der Waals surface area contributed by atoms with Crippen LogP contribution in [0.2, 0.25) is 0 Å². The number of rotatable bonds is 5. The van der Waals surface area contributed by atoms with E-state index in [9.17, 15) is 0 Å². The van der Waals surface area contributed by atoms with Gasteiger partial charge >= 0.3 is 0 Å². The number of nitrogens with one attached hydrogen (secondary N) is 1. The predicted molar refractivity (Wildman–Crippen MR) is 91.7 cm³/mol. The quantitative estimate of drug-likeness (QED) is 0.731. The van der Waals surface area contributed by atoms with E-state index >= 15 is 0 Å². The Morgan fingerprint density at radius 2 is 1.38 bits per heavy atom. The summed E-state index contributed by atoms with van der Waals surface area (Å²) in [6, 6.07) is 18.0. The lowest BCUT2D eigenvalue weighted by molar-refractivity contribution is 0.435. The molecule has 2 nitrogen and oxygen atoms in total. The third-order valence-corrected chi connectivity index (χ3v) is 4.05. The Labute approximate surface area is 126 Å². The van der Waals surface area contributed by atoms with Crippen LogP contribution in [0, 0.1) is 5.92 Å². The van der Waals surface area contributed by atoms with Crippen molar-refractivity contribution in [3.63, 3.8) is 0 Å². The van der Waals surface area contributed by atoms with Crippen molar-refractivity contribution in [2.45, 2.75) is 33.4 Å². The zero-order chi connectivity index (χ0) is 14.8. The highest BCUT2D eigenvalue weighted by atomic mass is 15.0. The van der Waals surface area contributed by atoms with E-state index in [0.717, 1.165) is 13.1 Å². The summed E-state index contributed by atoms with van der Waals surface area (Å²) in [5, 5.41) is 6.26. The van der Waals surface area contributed by atoms with Crippen molar-refractivity contribution in [1.29, 1.82) is 0 Å². The average molecular weight is 280 g/mol. The van der Waals surface area contributed by atoms with Crippen LogP contribution in [-0.2, 0) is 6.54 Å². The van der Waals surface area contributed by atoms with Gasteiger partial charge in [-0.25, -0.2) is 0 Å². The Morgan fingerprint density at radius 1 is 0.857 bits per heavy atom. The maximum atomic E-state index is 3.54. The molecular formula is C19H24N2. The van der Waals surface area contributed by atoms with E-state index in [2.05, 4.69) is 79.2 Å². The first kappa shape index (κ1) is 14.2. The minimum atomic E-state index is 0.547. The van der Waals surface area contributed by atoms with E-state index in [4.69, 9.17) is 0 Å². The molecule has 0 aliphatic carbocycles. The van der Waals surface area contributed by atoms with Gasteiger partial charge in [0, 0.05) is 34.4 Å². The Balaban J connectivity index is 1.99. The molecule has 0 radical (unpaired) electrons. The fourth-order valence-corrected chi connectivity index (χ4v) is 3.01. The number of nitrogens with zero attached hydrogens (tertiary/aromatic N) is 1. The first-order valence-electron chi connectivity index (χ1n) is 7.86. The molecule has 1 atom stereocenters. The molecule has 3 aromatic rings. The van der Waals surface area contributed by atoms with Gasteiger partial charge in [0.15, 0.2) is 0 Å². The van der Waals surface area contributed by atoms with Crippen LogP contribution in [0.4, 0.5) is 0 Å². The Morgan fingerprint density at radius 3 is 1.90 bits per heavy atom. The Bertz CT molecular complexity index is 686. The highest BCUT2D eigenvalue weighted by Gasteiger charge is 2.12. The number of fused-ring (bicyclic) bond motifs is 3. The second-order valence-electron chi connectivity index (χ2n) is 6.31. The molecule has 1 N–H and O–H groups in total. The summed E-state index contributed by atoms with van der Waals surface area (Å²) in [5.74, 6) is 0.603. The largest absolute Gasteiger partial charge is 0.340 e. The van der Waals surface area contributed by atoms with Gasteiger partial charge in [-0.2, -0.15) is 0 Å². The lowest BCUT2D eigenvalue weighted by atomic mass is 10.1. The van der Waals surface area contributed by atoms with Gasteiger partial charge in [0.1, 0.15) is 0 Å². The van der Waals surface area contributed by atoms with Crippen LogP contribution in [0.15, 0.2) is 48.5 Å². The smallest absolute Gasteiger partial charge is 0.0491 e. The van der Waals surface area contributed by atoms with Crippen LogP contribution >= 0.6 is 0 Å². The number of para-hydroxylation sites is 2. The molecule has 2 aromatic carbocycles. The second kappa shape index (κ2) is 5.90. The van der Waals surface area contributed by atoms with Crippen molar-refractivity contribution in [2.24, 2.45) is 5.92 Å². The summed E-state index contributed by atoms with van der Waals surface area (Å²) in [6.45, 7) is 8.82. The molecule has 0 bridgehead atoms. The van der Waals surface area contributed by atoms with Gasteiger partial charge in [-0.3, -0.25) is 0 Å². The topological polar surface area (TPSA) is 17.0 Å². The monoisotopic (exact) mass is 280 g/mol. The van der Waals surface area contributed by atoms with Crippen molar-refractivity contribution in [3.8, 4) is 0 Å². The second-order valence-corrected chi connectivity index (χ2v) is 6.31. The van der Waals surface area contributed by atoms with E-state index in [1.807, 2.05) is 0 Å². The van der Waals surface area contributed by atoms with Crippen LogP contribution in [0.25, 0.3) is 21.8 Å². The van der Waals surface area contributed by atoms with Gasteiger partial charge < -0.3 is 9.88 Å². The molecule has 0 fully saturated rings. The summed E-state index contributed by atoms with van der Waals surface area (Å²) in [6.07, 6.45) is 0. The molecule has 0 amide bonds. The van der Waals surface area contributed by atoms with Crippen LogP contribution in [0.5, 0.6) is 0 Å². The van der Waals surface area contributed by atoms with E-state index in [0.29, 0.717) is 12.0 Å². The molecule has 1 aromatic heterocycles. The van der Waals surface area contributed by atoms with Crippen molar-refractivity contribution in [2.75, 3.05) is 6.54 Å². The molecule has 1 heterocycles. The summed E-state index contributed by atoms with van der Waals surface area (Å²) < 4.78 is 2.47. The molecular weight excluding hydrogens is 256 g/mol. The normalized spacial score (nSPS) is 13.3. The molecule has 0 saturated carbocycles. The highest BCUT2D eigenvalue weighted by Crippen LogP contribution is 2.29. The van der Waals surface area contributed by atoms with Crippen LogP contribution < -0.4 is 5.32 Å².